The molecule has 0 aliphatic heterocycles. The minimum atomic E-state index is -0.899. The molecule has 0 radical (unpaired) electrons. The van der Waals surface area contributed by atoms with Gasteiger partial charge in [-0.2, -0.15) is 0 Å². The third kappa shape index (κ3) is 4.87. The Hall–Kier alpha value is -3.51. The van der Waals surface area contributed by atoms with Crippen molar-refractivity contribution in [3.8, 4) is 17.0 Å². The van der Waals surface area contributed by atoms with Gasteiger partial charge in [-0.1, -0.05) is 38.1 Å². The molecule has 3 heterocycles. The second-order valence-corrected chi connectivity index (χ2v) is 9.61. The maximum atomic E-state index is 10.2. The highest BCUT2D eigenvalue weighted by molar-refractivity contribution is 5.61. The number of aliphatic hydroxyl groups is 1. The lowest BCUT2D eigenvalue weighted by Gasteiger charge is -2.34. The number of pyridine rings is 1. The smallest absolute Gasteiger partial charge is 0.166 e. The molecule has 0 spiro atoms. The highest BCUT2D eigenvalue weighted by Crippen LogP contribution is 2.39. The van der Waals surface area contributed by atoms with Crippen LogP contribution in [0, 0.1) is 5.92 Å². The molecular formula is C28H32N4O2. The summed E-state index contributed by atoms with van der Waals surface area (Å²) in [6.07, 6.45) is 5.17. The number of hydrogen-bond donors (Lipinski definition) is 2. The van der Waals surface area contributed by atoms with E-state index in [1.807, 2.05) is 24.3 Å². The maximum Gasteiger partial charge on any atom is 0.166 e. The van der Waals surface area contributed by atoms with E-state index in [2.05, 4.69) is 60.0 Å². The van der Waals surface area contributed by atoms with Crippen LogP contribution in [0.2, 0.25) is 0 Å². The van der Waals surface area contributed by atoms with Crippen molar-refractivity contribution < 1.29 is 9.84 Å². The Morgan fingerprint density at radius 3 is 2.18 bits per heavy atom. The molecule has 34 heavy (non-hydrogen) atoms. The lowest BCUT2D eigenvalue weighted by molar-refractivity contribution is 0.0745. The first kappa shape index (κ1) is 23.6. The lowest BCUT2D eigenvalue weighted by atomic mass is 9.70. The summed E-state index contributed by atoms with van der Waals surface area (Å²) in [6, 6.07) is 18.3. The van der Waals surface area contributed by atoms with E-state index in [1.54, 1.807) is 38.5 Å². The summed E-state index contributed by atoms with van der Waals surface area (Å²) in [6.45, 7) is 10.5. The lowest BCUT2D eigenvalue weighted by Crippen LogP contribution is -2.31. The predicted octanol–water partition coefficient (Wildman–Crippen LogP) is 5.64. The topological polar surface area (TPSA) is 83.9 Å². The summed E-state index contributed by atoms with van der Waals surface area (Å²) >= 11 is 0. The zero-order valence-corrected chi connectivity index (χ0v) is 20.4. The van der Waals surface area contributed by atoms with Crippen LogP contribution >= 0.6 is 0 Å². The molecule has 0 saturated heterocycles. The number of aromatic nitrogens is 4. The van der Waals surface area contributed by atoms with Gasteiger partial charge in [0.15, 0.2) is 5.82 Å². The molecule has 0 saturated carbocycles. The van der Waals surface area contributed by atoms with Gasteiger partial charge in [-0.05, 0) is 68.1 Å². The largest absolute Gasteiger partial charge is 0.484 e. The van der Waals surface area contributed by atoms with Crippen LogP contribution in [-0.4, -0.2) is 25.0 Å². The zero-order chi connectivity index (χ0) is 24.3. The van der Waals surface area contributed by atoms with E-state index in [4.69, 9.17) is 9.72 Å². The Morgan fingerprint density at radius 1 is 0.912 bits per heavy atom. The molecule has 0 aliphatic carbocycles. The average Bonchev–Trinajstić information content (AvgIpc) is 3.34. The highest BCUT2D eigenvalue weighted by atomic mass is 16.5. The molecule has 3 aromatic heterocycles. The van der Waals surface area contributed by atoms with Crippen LogP contribution in [0.15, 0.2) is 73.2 Å². The Balaban J connectivity index is 1.55. The van der Waals surface area contributed by atoms with Crippen molar-refractivity contribution in [2.45, 2.75) is 52.2 Å². The third-order valence-electron chi connectivity index (χ3n) is 6.55. The Labute approximate surface area is 201 Å². The van der Waals surface area contributed by atoms with Gasteiger partial charge in [0.2, 0.25) is 0 Å². The van der Waals surface area contributed by atoms with Gasteiger partial charge in [0, 0.05) is 29.2 Å². The van der Waals surface area contributed by atoms with Gasteiger partial charge in [0.1, 0.15) is 12.4 Å². The van der Waals surface area contributed by atoms with Gasteiger partial charge in [0.05, 0.1) is 17.5 Å². The second-order valence-electron chi connectivity index (χ2n) is 9.61. The molecule has 1 atom stereocenters. The molecular weight excluding hydrogens is 424 g/mol. The molecule has 4 rings (SSSR count). The zero-order valence-electron chi connectivity index (χ0n) is 20.4. The quantitative estimate of drug-likeness (QED) is 0.359. The van der Waals surface area contributed by atoms with Crippen molar-refractivity contribution in [2.75, 3.05) is 0 Å². The summed E-state index contributed by atoms with van der Waals surface area (Å²) in [5.74, 6) is 1.64. The summed E-state index contributed by atoms with van der Waals surface area (Å²) in [4.78, 5) is 16.5. The van der Waals surface area contributed by atoms with Crippen LogP contribution in [0.1, 0.15) is 57.4 Å². The van der Waals surface area contributed by atoms with Crippen molar-refractivity contribution in [2.24, 2.45) is 5.92 Å². The molecule has 2 N–H and O–H groups in total. The van der Waals surface area contributed by atoms with Crippen molar-refractivity contribution in [1.29, 1.82) is 0 Å². The Bertz CT molecular complexity index is 1210. The minimum Gasteiger partial charge on any atom is -0.484 e. The fourth-order valence-corrected chi connectivity index (χ4v) is 4.02. The van der Waals surface area contributed by atoms with E-state index >= 15 is 0 Å². The van der Waals surface area contributed by atoms with Crippen LogP contribution in [0.25, 0.3) is 11.3 Å². The number of nitrogens with zero attached hydrogens (tertiary/aromatic N) is 3. The molecule has 0 aliphatic rings. The standard InChI is InChI=1S/C28H32N4O2/c1-19(2)28(5,25-13-11-22(17-31-25)34-18-26-29-15-6-16-30-26)21-9-7-20(8-10-21)23-12-14-24(32-23)27(3,4)33/h6-17,19,32-33H,18H2,1-5H3. The van der Waals surface area contributed by atoms with Gasteiger partial charge in [-0.3, -0.25) is 4.98 Å². The van der Waals surface area contributed by atoms with Crippen LogP contribution < -0.4 is 4.74 Å². The summed E-state index contributed by atoms with van der Waals surface area (Å²) in [7, 11) is 0. The van der Waals surface area contributed by atoms with Gasteiger partial charge in [-0.15, -0.1) is 0 Å². The average molecular weight is 457 g/mol. The number of ether oxygens (including phenoxy) is 1. The van der Waals surface area contributed by atoms with E-state index in [-0.39, 0.29) is 5.41 Å². The molecule has 1 unspecified atom stereocenters. The molecule has 4 aromatic rings. The highest BCUT2D eigenvalue weighted by Gasteiger charge is 2.34. The first-order chi connectivity index (χ1) is 16.2. The Morgan fingerprint density at radius 2 is 1.62 bits per heavy atom. The van der Waals surface area contributed by atoms with Gasteiger partial charge < -0.3 is 14.8 Å². The minimum absolute atomic E-state index is 0.270. The fraction of sp³-hybridized carbons (Fsp3) is 0.321. The van der Waals surface area contributed by atoms with Crippen LogP contribution in [0.5, 0.6) is 5.75 Å². The van der Waals surface area contributed by atoms with E-state index in [0.717, 1.165) is 22.6 Å². The molecule has 1 aromatic carbocycles. The van der Waals surface area contributed by atoms with E-state index < -0.39 is 5.60 Å². The van der Waals surface area contributed by atoms with Crippen LogP contribution in [-0.2, 0) is 17.6 Å². The second kappa shape index (κ2) is 9.39. The van der Waals surface area contributed by atoms with E-state index in [9.17, 15) is 5.11 Å². The van der Waals surface area contributed by atoms with Crippen LogP contribution in [0.4, 0.5) is 0 Å². The number of hydrogen-bond acceptors (Lipinski definition) is 5. The predicted molar refractivity (Wildman–Crippen MR) is 133 cm³/mol. The summed E-state index contributed by atoms with van der Waals surface area (Å²) in [5.41, 5.74) is 3.87. The number of H-pyrrole nitrogens is 1. The summed E-state index contributed by atoms with van der Waals surface area (Å²) in [5, 5.41) is 10.2. The molecule has 176 valence electrons. The number of benzene rings is 1. The maximum absolute atomic E-state index is 10.2. The van der Waals surface area contributed by atoms with Crippen LogP contribution in [0.3, 0.4) is 0 Å². The first-order valence-corrected chi connectivity index (χ1v) is 11.6. The third-order valence-corrected chi connectivity index (χ3v) is 6.55. The van der Waals surface area contributed by atoms with Gasteiger partial charge in [-0.25, -0.2) is 9.97 Å². The van der Waals surface area contributed by atoms with Crippen molar-refractivity contribution in [3.63, 3.8) is 0 Å². The number of rotatable bonds is 8. The number of nitrogens with one attached hydrogen (secondary N) is 1. The number of aromatic amines is 1. The molecule has 6 nitrogen and oxygen atoms in total. The fourth-order valence-electron chi connectivity index (χ4n) is 4.02. The molecule has 0 amide bonds. The van der Waals surface area contributed by atoms with Crippen molar-refractivity contribution in [1.82, 2.24) is 19.9 Å². The van der Waals surface area contributed by atoms with Gasteiger partial charge in [0.25, 0.3) is 0 Å². The van der Waals surface area contributed by atoms with E-state index in [0.29, 0.717) is 24.1 Å². The molecule has 6 heteroatoms. The van der Waals surface area contributed by atoms with Crippen molar-refractivity contribution >= 4 is 0 Å². The van der Waals surface area contributed by atoms with E-state index in [1.165, 1.54) is 5.56 Å². The molecule has 0 fully saturated rings. The SMILES string of the molecule is CC(C)C(C)(c1ccc(-c2ccc(C(C)(C)O)[nH]2)cc1)c1ccc(OCc2ncccn2)cn1. The van der Waals surface area contributed by atoms with Gasteiger partial charge >= 0.3 is 0 Å². The summed E-state index contributed by atoms with van der Waals surface area (Å²) < 4.78 is 5.81. The normalized spacial score (nSPS) is 13.6. The molecule has 0 bridgehead atoms. The Kier molecular flexibility index (Phi) is 6.53. The monoisotopic (exact) mass is 456 g/mol. The van der Waals surface area contributed by atoms with Crippen molar-refractivity contribution in [3.05, 3.63) is 96.0 Å². The first-order valence-electron chi connectivity index (χ1n) is 11.6.